The van der Waals surface area contributed by atoms with E-state index in [1.165, 1.54) is 18.2 Å². The lowest BCUT2D eigenvalue weighted by molar-refractivity contribution is 0.617. The largest absolute Gasteiger partial charge is 0.207 e. The molecule has 0 amide bonds. The van der Waals surface area contributed by atoms with Gasteiger partial charge in [0.25, 0.3) is 0 Å². The van der Waals surface area contributed by atoms with E-state index in [0.29, 0.717) is 5.56 Å². The summed E-state index contributed by atoms with van der Waals surface area (Å²) in [5.74, 6) is -0.551. The van der Waals surface area contributed by atoms with Crippen molar-refractivity contribution in [1.29, 1.82) is 0 Å². The molecular formula is C14H11ClF2. The zero-order valence-electron chi connectivity index (χ0n) is 9.25. The fourth-order valence-electron chi connectivity index (χ4n) is 1.65. The van der Waals surface area contributed by atoms with Crippen LogP contribution in [0.25, 0.3) is 0 Å². The van der Waals surface area contributed by atoms with Gasteiger partial charge in [-0.3, -0.25) is 0 Å². The third-order valence-electron chi connectivity index (χ3n) is 2.64. The first-order valence-corrected chi connectivity index (χ1v) is 5.67. The number of halogens is 3. The van der Waals surface area contributed by atoms with Crippen LogP contribution in [0.3, 0.4) is 0 Å². The first-order valence-electron chi connectivity index (χ1n) is 5.23. The molecule has 0 heterocycles. The van der Waals surface area contributed by atoms with E-state index in [2.05, 4.69) is 0 Å². The summed E-state index contributed by atoms with van der Waals surface area (Å²) in [5.41, 5.74) is 2.14. The molecule has 1 atom stereocenters. The van der Waals surface area contributed by atoms with Crippen LogP contribution in [0.15, 0.2) is 42.5 Å². The average Bonchev–Trinajstić information content (AvgIpc) is 2.33. The third-order valence-corrected chi connectivity index (χ3v) is 3.14. The number of hydrogen-bond donors (Lipinski definition) is 0. The van der Waals surface area contributed by atoms with Crippen LogP contribution in [0.1, 0.15) is 22.1 Å². The molecule has 0 nitrogen and oxygen atoms in total. The van der Waals surface area contributed by atoms with Gasteiger partial charge in [0.05, 0.1) is 5.38 Å². The van der Waals surface area contributed by atoms with Gasteiger partial charge in [0.2, 0.25) is 0 Å². The lowest BCUT2D eigenvalue weighted by atomic mass is 10.0. The Morgan fingerprint density at radius 2 is 1.53 bits per heavy atom. The van der Waals surface area contributed by atoms with Gasteiger partial charge < -0.3 is 0 Å². The summed E-state index contributed by atoms with van der Waals surface area (Å²) >= 11 is 6.26. The van der Waals surface area contributed by atoms with E-state index in [-0.39, 0.29) is 11.6 Å². The number of benzene rings is 2. The molecule has 0 fully saturated rings. The van der Waals surface area contributed by atoms with Gasteiger partial charge in [0.1, 0.15) is 11.6 Å². The number of alkyl halides is 1. The molecule has 0 aromatic heterocycles. The maximum Gasteiger partial charge on any atom is 0.126 e. The Kier molecular flexibility index (Phi) is 3.43. The van der Waals surface area contributed by atoms with Gasteiger partial charge in [-0.2, -0.15) is 0 Å². The van der Waals surface area contributed by atoms with Crippen LogP contribution in [0.2, 0.25) is 0 Å². The van der Waals surface area contributed by atoms with Gasteiger partial charge in [-0.05, 0) is 41.8 Å². The Hall–Kier alpha value is -1.41. The van der Waals surface area contributed by atoms with Crippen molar-refractivity contribution in [3.63, 3.8) is 0 Å². The van der Waals surface area contributed by atoms with Gasteiger partial charge in [0, 0.05) is 0 Å². The smallest absolute Gasteiger partial charge is 0.126 e. The van der Waals surface area contributed by atoms with E-state index in [9.17, 15) is 8.78 Å². The molecule has 0 radical (unpaired) electrons. The zero-order chi connectivity index (χ0) is 12.4. The molecule has 2 rings (SSSR count). The molecule has 2 aromatic carbocycles. The van der Waals surface area contributed by atoms with Gasteiger partial charge in [0.15, 0.2) is 0 Å². The van der Waals surface area contributed by atoms with Crippen LogP contribution in [-0.2, 0) is 0 Å². The molecule has 2 aromatic rings. The molecule has 0 saturated heterocycles. The Morgan fingerprint density at radius 3 is 2.12 bits per heavy atom. The fourth-order valence-corrected chi connectivity index (χ4v) is 1.93. The molecule has 0 aliphatic rings. The summed E-state index contributed by atoms with van der Waals surface area (Å²) < 4.78 is 25.9. The Bertz CT molecular complexity index is 520. The molecule has 0 bridgehead atoms. The number of rotatable bonds is 2. The van der Waals surface area contributed by atoms with Crippen molar-refractivity contribution in [3.8, 4) is 0 Å². The first-order chi connectivity index (χ1) is 8.08. The molecule has 0 aliphatic carbocycles. The number of hydrogen-bond acceptors (Lipinski definition) is 0. The fraction of sp³-hybridized carbons (Fsp3) is 0.143. The summed E-state index contributed by atoms with van der Waals surface area (Å²) in [4.78, 5) is 0. The molecule has 3 heteroatoms. The monoisotopic (exact) mass is 252 g/mol. The third kappa shape index (κ3) is 2.64. The summed E-state index contributed by atoms with van der Waals surface area (Å²) in [6.45, 7) is 1.69. The minimum atomic E-state index is -0.394. The molecule has 1 unspecified atom stereocenters. The van der Waals surface area contributed by atoms with E-state index >= 15 is 0 Å². The number of aryl methyl sites for hydroxylation is 1. The molecule has 88 valence electrons. The van der Waals surface area contributed by atoms with Crippen LogP contribution in [0.5, 0.6) is 0 Å². The highest BCUT2D eigenvalue weighted by atomic mass is 35.5. The predicted octanol–water partition coefficient (Wildman–Crippen LogP) is 4.60. The quantitative estimate of drug-likeness (QED) is 0.685. The highest BCUT2D eigenvalue weighted by Crippen LogP contribution is 2.29. The standard InChI is InChI=1S/C14H11ClF2/c1-9-8-11(4-7-13(9)17)14(15)10-2-5-12(16)6-3-10/h2-8,14H,1H3. The second kappa shape index (κ2) is 4.84. The van der Waals surface area contributed by atoms with Crippen LogP contribution in [0, 0.1) is 18.6 Å². The minimum absolute atomic E-state index is 0.253. The summed E-state index contributed by atoms with van der Waals surface area (Å²) in [6, 6.07) is 10.7. The van der Waals surface area contributed by atoms with Crippen LogP contribution in [0.4, 0.5) is 8.78 Å². The minimum Gasteiger partial charge on any atom is -0.207 e. The van der Waals surface area contributed by atoms with Crippen LogP contribution in [-0.4, -0.2) is 0 Å². The van der Waals surface area contributed by atoms with E-state index in [1.807, 2.05) is 0 Å². The second-order valence-corrected chi connectivity index (χ2v) is 4.36. The van der Waals surface area contributed by atoms with Crippen molar-refractivity contribution >= 4 is 11.6 Å². The average molecular weight is 253 g/mol. The van der Waals surface area contributed by atoms with Crippen LogP contribution < -0.4 is 0 Å². The molecule has 0 spiro atoms. The highest BCUT2D eigenvalue weighted by molar-refractivity contribution is 6.22. The topological polar surface area (TPSA) is 0 Å². The molecule has 17 heavy (non-hydrogen) atoms. The molecule has 0 aliphatic heterocycles. The maximum absolute atomic E-state index is 13.1. The van der Waals surface area contributed by atoms with Gasteiger partial charge in [-0.15, -0.1) is 11.6 Å². The van der Waals surface area contributed by atoms with Crippen molar-refractivity contribution < 1.29 is 8.78 Å². The lowest BCUT2D eigenvalue weighted by Gasteiger charge is -2.11. The van der Waals surface area contributed by atoms with Gasteiger partial charge >= 0.3 is 0 Å². The van der Waals surface area contributed by atoms with Crippen molar-refractivity contribution in [2.75, 3.05) is 0 Å². The highest BCUT2D eigenvalue weighted by Gasteiger charge is 2.11. The first kappa shape index (κ1) is 12.1. The van der Waals surface area contributed by atoms with Crippen molar-refractivity contribution in [3.05, 3.63) is 70.8 Å². The van der Waals surface area contributed by atoms with Gasteiger partial charge in [-0.1, -0.05) is 24.3 Å². The van der Waals surface area contributed by atoms with Crippen molar-refractivity contribution in [2.45, 2.75) is 12.3 Å². The summed E-state index contributed by atoms with van der Waals surface area (Å²) in [5, 5.41) is -0.394. The molecule has 0 saturated carbocycles. The van der Waals surface area contributed by atoms with E-state index in [0.717, 1.165) is 11.1 Å². The van der Waals surface area contributed by atoms with Crippen molar-refractivity contribution in [1.82, 2.24) is 0 Å². The SMILES string of the molecule is Cc1cc(C(Cl)c2ccc(F)cc2)ccc1F. The zero-order valence-corrected chi connectivity index (χ0v) is 10.0. The van der Waals surface area contributed by atoms with Crippen LogP contribution >= 0.6 is 11.6 Å². The Morgan fingerprint density at radius 1 is 0.941 bits per heavy atom. The summed E-state index contributed by atoms with van der Waals surface area (Å²) in [6.07, 6.45) is 0. The predicted molar refractivity (Wildman–Crippen MR) is 65.2 cm³/mol. The van der Waals surface area contributed by atoms with Gasteiger partial charge in [-0.25, -0.2) is 8.78 Å². The van der Waals surface area contributed by atoms with Crippen molar-refractivity contribution in [2.24, 2.45) is 0 Å². The summed E-state index contributed by atoms with van der Waals surface area (Å²) in [7, 11) is 0. The second-order valence-electron chi connectivity index (χ2n) is 3.92. The Balaban J connectivity index is 2.33. The lowest BCUT2D eigenvalue weighted by Crippen LogP contribution is -1.95. The molecule has 0 N–H and O–H groups in total. The van der Waals surface area contributed by atoms with E-state index < -0.39 is 5.38 Å². The van der Waals surface area contributed by atoms with E-state index in [4.69, 9.17) is 11.6 Å². The maximum atomic E-state index is 13.1. The normalized spacial score (nSPS) is 12.5. The Labute approximate surface area is 104 Å². The van der Waals surface area contributed by atoms with E-state index in [1.54, 1.807) is 31.2 Å². The molecular weight excluding hydrogens is 242 g/mol.